The Labute approximate surface area is 317 Å². The molecule has 0 aromatic heterocycles. The van der Waals surface area contributed by atoms with Gasteiger partial charge in [0.15, 0.2) is 0 Å². The molecule has 3 aliphatic rings. The summed E-state index contributed by atoms with van der Waals surface area (Å²) in [6, 6.07) is 36.4. The van der Waals surface area contributed by atoms with Gasteiger partial charge in [-0.15, -0.1) is 0 Å². The Bertz CT molecular complexity index is 1890. The molecule has 0 unspecified atom stereocenters. The third-order valence-corrected chi connectivity index (χ3v) is 11.3. The van der Waals surface area contributed by atoms with Crippen LogP contribution in [-0.2, 0) is 44.9 Å². The molecule has 0 radical (unpaired) electrons. The summed E-state index contributed by atoms with van der Waals surface area (Å²) in [5.74, 6) is -1.91. The number of rotatable bonds is 14. The Morgan fingerprint density at radius 2 is 1.26 bits per heavy atom. The minimum absolute atomic E-state index is 0.0153. The molecule has 7 rings (SSSR count). The summed E-state index contributed by atoms with van der Waals surface area (Å²) < 4.78 is 0. The minimum Gasteiger partial charge on any atom is -0.508 e. The van der Waals surface area contributed by atoms with Crippen molar-refractivity contribution in [2.75, 3.05) is 39.3 Å². The second-order valence-electron chi connectivity index (χ2n) is 14.9. The average Bonchev–Trinajstić information content (AvgIpc) is 3.63. The number of hydrogen-bond donors (Lipinski definition) is 2. The lowest BCUT2D eigenvalue weighted by atomic mass is 9.97. The highest BCUT2D eigenvalue weighted by molar-refractivity contribution is 6.36. The molecule has 280 valence electrons. The van der Waals surface area contributed by atoms with Crippen molar-refractivity contribution in [2.45, 2.75) is 62.7 Å². The van der Waals surface area contributed by atoms with Gasteiger partial charge in [-0.05, 0) is 79.5 Å². The van der Waals surface area contributed by atoms with Crippen LogP contribution in [0.4, 0.5) is 0 Å². The van der Waals surface area contributed by atoms with Gasteiger partial charge in [0.1, 0.15) is 5.75 Å². The van der Waals surface area contributed by atoms with Crippen molar-refractivity contribution in [3.63, 3.8) is 0 Å². The maximum Gasteiger partial charge on any atom is 0.312 e. The molecule has 3 aliphatic heterocycles. The number of phenolic OH excluding ortho intramolecular Hbond substituents is 1. The third kappa shape index (κ3) is 8.82. The molecule has 4 aromatic rings. The SMILES string of the molecule is O=C1NC[C@H](Cc2ccccc2)N(C[C@@H]2CCCN2C[C@H](Cc2ccc(O)cc2)N2C[C@H](Cc3ccccc3)N(CCc3ccccc3)C(=O)C2=O)C1=O. The Morgan fingerprint density at radius 3 is 1.91 bits per heavy atom. The monoisotopic (exact) mass is 727 g/mol. The molecule has 3 fully saturated rings. The van der Waals surface area contributed by atoms with E-state index in [4.69, 9.17) is 0 Å². The summed E-state index contributed by atoms with van der Waals surface area (Å²) in [7, 11) is 0. The Kier molecular flexibility index (Phi) is 11.7. The van der Waals surface area contributed by atoms with E-state index in [1.165, 1.54) is 0 Å². The van der Waals surface area contributed by atoms with Gasteiger partial charge >= 0.3 is 23.6 Å². The van der Waals surface area contributed by atoms with Crippen LogP contribution in [-0.4, -0.2) is 112 Å². The van der Waals surface area contributed by atoms with Crippen LogP contribution in [0.5, 0.6) is 5.75 Å². The van der Waals surface area contributed by atoms with Crippen molar-refractivity contribution in [2.24, 2.45) is 0 Å². The number of phenols is 1. The van der Waals surface area contributed by atoms with Crippen LogP contribution in [0.3, 0.4) is 0 Å². The number of carbonyl (C=O) groups is 4. The molecular formula is C44H49N5O5. The summed E-state index contributed by atoms with van der Waals surface area (Å²) in [6.45, 7) is 2.92. The maximum atomic E-state index is 14.3. The van der Waals surface area contributed by atoms with E-state index in [1.807, 2.05) is 91.0 Å². The number of piperazine rings is 2. The molecule has 0 bridgehead atoms. The lowest BCUT2D eigenvalue weighted by Crippen LogP contribution is -2.65. The summed E-state index contributed by atoms with van der Waals surface area (Å²) in [5.41, 5.74) is 4.26. The zero-order valence-corrected chi connectivity index (χ0v) is 30.6. The average molecular weight is 728 g/mol. The van der Waals surface area contributed by atoms with E-state index in [0.717, 1.165) is 41.6 Å². The summed E-state index contributed by atoms with van der Waals surface area (Å²) in [4.78, 5) is 62.1. The largest absolute Gasteiger partial charge is 0.508 e. The number of amides is 4. The first-order chi connectivity index (χ1) is 26.3. The number of aromatic hydroxyl groups is 1. The molecule has 0 saturated carbocycles. The van der Waals surface area contributed by atoms with Crippen LogP contribution < -0.4 is 5.32 Å². The van der Waals surface area contributed by atoms with Crippen LogP contribution in [0.15, 0.2) is 115 Å². The number of hydrogen-bond acceptors (Lipinski definition) is 6. The first-order valence-corrected chi connectivity index (χ1v) is 19.2. The van der Waals surface area contributed by atoms with E-state index in [-0.39, 0.29) is 29.9 Å². The molecule has 0 spiro atoms. The van der Waals surface area contributed by atoms with Gasteiger partial charge in [-0.25, -0.2) is 0 Å². The van der Waals surface area contributed by atoms with Crippen LogP contribution in [0.2, 0.25) is 0 Å². The normalized spacial score (nSPS) is 21.4. The number of nitrogens with one attached hydrogen (secondary N) is 1. The second kappa shape index (κ2) is 17.1. The van der Waals surface area contributed by atoms with Crippen molar-refractivity contribution in [3.05, 3.63) is 138 Å². The van der Waals surface area contributed by atoms with E-state index < -0.39 is 23.6 Å². The van der Waals surface area contributed by atoms with Gasteiger partial charge in [-0.3, -0.25) is 24.1 Å². The predicted molar refractivity (Wildman–Crippen MR) is 206 cm³/mol. The van der Waals surface area contributed by atoms with Gasteiger partial charge in [-0.1, -0.05) is 103 Å². The fourth-order valence-corrected chi connectivity index (χ4v) is 8.38. The van der Waals surface area contributed by atoms with Crippen LogP contribution in [0, 0.1) is 0 Å². The van der Waals surface area contributed by atoms with Crippen LogP contribution in [0.25, 0.3) is 0 Å². The van der Waals surface area contributed by atoms with E-state index in [1.54, 1.807) is 26.8 Å². The highest BCUT2D eigenvalue weighted by Crippen LogP contribution is 2.27. The van der Waals surface area contributed by atoms with E-state index in [2.05, 4.69) is 22.3 Å². The molecule has 2 N–H and O–H groups in total. The Balaban J connectivity index is 1.14. The zero-order chi connectivity index (χ0) is 37.4. The third-order valence-electron chi connectivity index (χ3n) is 11.3. The van der Waals surface area contributed by atoms with Crippen molar-refractivity contribution in [3.8, 4) is 5.75 Å². The topological polar surface area (TPSA) is 114 Å². The van der Waals surface area contributed by atoms with Crippen molar-refractivity contribution in [1.82, 2.24) is 24.9 Å². The van der Waals surface area contributed by atoms with Gasteiger partial charge in [0.2, 0.25) is 0 Å². The molecule has 3 heterocycles. The minimum atomic E-state index is -0.576. The molecule has 3 saturated heterocycles. The van der Waals surface area contributed by atoms with Crippen LogP contribution in [0.1, 0.15) is 35.1 Å². The van der Waals surface area contributed by atoms with Crippen molar-refractivity contribution in [1.29, 1.82) is 0 Å². The van der Waals surface area contributed by atoms with E-state index in [9.17, 15) is 24.3 Å². The summed E-state index contributed by atoms with van der Waals surface area (Å²) >= 11 is 0. The lowest BCUT2D eigenvalue weighted by Gasteiger charge is -2.45. The molecular weight excluding hydrogens is 679 g/mol. The first-order valence-electron chi connectivity index (χ1n) is 19.2. The lowest BCUT2D eigenvalue weighted by molar-refractivity contribution is -0.161. The Morgan fingerprint density at radius 1 is 0.648 bits per heavy atom. The molecule has 0 aliphatic carbocycles. The molecule has 54 heavy (non-hydrogen) atoms. The van der Waals surface area contributed by atoms with Gasteiger partial charge in [-0.2, -0.15) is 0 Å². The molecule has 4 amide bonds. The molecule has 4 atom stereocenters. The number of nitrogens with zero attached hydrogens (tertiary/aromatic N) is 4. The van der Waals surface area contributed by atoms with Crippen molar-refractivity contribution < 1.29 is 24.3 Å². The smallest absolute Gasteiger partial charge is 0.312 e. The van der Waals surface area contributed by atoms with E-state index >= 15 is 0 Å². The highest BCUT2D eigenvalue weighted by Gasteiger charge is 2.43. The molecule has 10 heteroatoms. The number of likely N-dealkylation sites (tertiary alicyclic amines) is 1. The first kappa shape index (κ1) is 36.9. The van der Waals surface area contributed by atoms with Gasteiger partial charge in [0, 0.05) is 44.8 Å². The van der Waals surface area contributed by atoms with Gasteiger partial charge < -0.3 is 25.1 Å². The van der Waals surface area contributed by atoms with Crippen LogP contribution >= 0.6 is 0 Å². The highest BCUT2D eigenvalue weighted by atomic mass is 16.3. The standard InChI is InChI=1S/C44H49N5O5/c50-40-20-18-35(19-21-40)27-38(29-46-23-10-17-36(46)30-48-37(28-45-41(51)42(48)52)25-33-13-6-2-7-14-33)49-31-39(26-34-15-8-3-9-16-34)47(43(53)44(49)54)24-22-32-11-4-1-5-12-32/h1-9,11-16,18-21,36-39,50H,10,17,22-31H2,(H,45,51)/t36-,37-,38-,39-/m0/s1. The Hall–Kier alpha value is -5.48. The van der Waals surface area contributed by atoms with Crippen molar-refractivity contribution >= 4 is 23.6 Å². The number of benzene rings is 4. The summed E-state index contributed by atoms with van der Waals surface area (Å²) in [6.07, 6.45) is 4.17. The molecule has 10 nitrogen and oxygen atoms in total. The maximum absolute atomic E-state index is 14.3. The number of carbonyl (C=O) groups excluding carboxylic acids is 4. The quantitative estimate of drug-likeness (QED) is 0.191. The fourth-order valence-electron chi connectivity index (χ4n) is 8.38. The van der Waals surface area contributed by atoms with Gasteiger partial charge in [0.25, 0.3) is 0 Å². The zero-order valence-electron chi connectivity index (χ0n) is 30.6. The second-order valence-corrected chi connectivity index (χ2v) is 14.9. The predicted octanol–water partition coefficient (Wildman–Crippen LogP) is 3.86. The van der Waals surface area contributed by atoms with Gasteiger partial charge in [0.05, 0.1) is 12.1 Å². The summed E-state index contributed by atoms with van der Waals surface area (Å²) in [5, 5.41) is 12.8. The van der Waals surface area contributed by atoms with E-state index in [0.29, 0.717) is 58.4 Å². The fraction of sp³-hybridized carbons (Fsp3) is 0.364. The molecule has 4 aromatic carbocycles.